The molecule has 94 valence electrons. The molecule has 0 radical (unpaired) electrons. The van der Waals surface area contributed by atoms with Crippen molar-refractivity contribution in [2.45, 2.75) is 26.9 Å². The van der Waals surface area contributed by atoms with Gasteiger partial charge < -0.3 is 0 Å². The SMILES string of the molecule is C/C(=N\Nc1ccc(C(F)(F)F)cc1)C(C)C. The van der Waals surface area contributed by atoms with Gasteiger partial charge >= 0.3 is 6.18 Å². The van der Waals surface area contributed by atoms with Crippen molar-refractivity contribution in [3.63, 3.8) is 0 Å². The smallest absolute Gasteiger partial charge is 0.279 e. The molecule has 1 rings (SSSR count). The van der Waals surface area contributed by atoms with E-state index in [2.05, 4.69) is 10.5 Å². The number of hydrogen-bond acceptors (Lipinski definition) is 2. The lowest BCUT2D eigenvalue weighted by Gasteiger charge is -2.08. The summed E-state index contributed by atoms with van der Waals surface area (Å²) < 4.78 is 36.9. The van der Waals surface area contributed by atoms with Gasteiger partial charge in [-0.1, -0.05) is 13.8 Å². The monoisotopic (exact) mass is 244 g/mol. The molecule has 17 heavy (non-hydrogen) atoms. The lowest BCUT2D eigenvalue weighted by atomic mass is 10.1. The number of hydrogen-bond donors (Lipinski definition) is 1. The van der Waals surface area contributed by atoms with Gasteiger partial charge in [0.2, 0.25) is 0 Å². The highest BCUT2D eigenvalue weighted by atomic mass is 19.4. The van der Waals surface area contributed by atoms with Gasteiger partial charge in [0.15, 0.2) is 0 Å². The van der Waals surface area contributed by atoms with Crippen LogP contribution in [0, 0.1) is 5.92 Å². The maximum atomic E-state index is 12.3. The first-order chi connectivity index (χ1) is 7.80. The summed E-state index contributed by atoms with van der Waals surface area (Å²) in [5, 5.41) is 4.07. The van der Waals surface area contributed by atoms with Crippen LogP contribution in [0.3, 0.4) is 0 Å². The van der Waals surface area contributed by atoms with Crippen LogP contribution in [0.25, 0.3) is 0 Å². The van der Waals surface area contributed by atoms with E-state index < -0.39 is 11.7 Å². The van der Waals surface area contributed by atoms with E-state index in [-0.39, 0.29) is 0 Å². The molecule has 0 aliphatic carbocycles. The maximum Gasteiger partial charge on any atom is 0.416 e. The van der Waals surface area contributed by atoms with Crippen LogP contribution >= 0.6 is 0 Å². The third-order valence-corrected chi connectivity index (χ3v) is 2.41. The minimum Gasteiger partial charge on any atom is -0.279 e. The van der Waals surface area contributed by atoms with Crippen molar-refractivity contribution >= 4 is 11.4 Å². The third-order valence-electron chi connectivity index (χ3n) is 2.41. The van der Waals surface area contributed by atoms with Crippen LogP contribution in [0.2, 0.25) is 0 Å². The zero-order chi connectivity index (χ0) is 13.1. The second kappa shape index (κ2) is 5.21. The first kappa shape index (κ1) is 13.5. The highest BCUT2D eigenvalue weighted by Gasteiger charge is 2.29. The molecule has 0 fully saturated rings. The van der Waals surface area contributed by atoms with Crippen molar-refractivity contribution in [2.24, 2.45) is 11.0 Å². The fraction of sp³-hybridized carbons (Fsp3) is 0.417. The first-order valence-electron chi connectivity index (χ1n) is 5.28. The number of alkyl halides is 3. The number of benzene rings is 1. The molecule has 5 heteroatoms. The average Bonchev–Trinajstić information content (AvgIpc) is 2.25. The Labute approximate surface area is 98.5 Å². The van der Waals surface area contributed by atoms with Gasteiger partial charge in [0, 0.05) is 5.71 Å². The predicted molar refractivity (Wildman–Crippen MR) is 63.0 cm³/mol. The largest absolute Gasteiger partial charge is 0.416 e. The number of hydrazone groups is 1. The second-order valence-corrected chi connectivity index (χ2v) is 4.09. The molecule has 0 aromatic heterocycles. The Balaban J connectivity index is 2.73. The summed E-state index contributed by atoms with van der Waals surface area (Å²) in [6.45, 7) is 5.85. The normalized spacial score (nSPS) is 13.0. The minimum absolute atomic E-state index is 0.303. The summed E-state index contributed by atoms with van der Waals surface area (Å²) in [7, 11) is 0. The molecule has 2 nitrogen and oxygen atoms in total. The summed E-state index contributed by atoms with van der Waals surface area (Å²) in [5.41, 5.74) is 3.50. The molecule has 1 aromatic carbocycles. The van der Waals surface area contributed by atoms with Crippen molar-refractivity contribution < 1.29 is 13.2 Å². The fourth-order valence-electron chi connectivity index (χ4n) is 1.02. The van der Waals surface area contributed by atoms with Crippen molar-refractivity contribution in [1.29, 1.82) is 0 Å². The minimum atomic E-state index is -4.30. The number of anilines is 1. The molecule has 0 spiro atoms. The van der Waals surface area contributed by atoms with Gasteiger partial charge in [0.05, 0.1) is 11.3 Å². The Morgan fingerprint density at radius 1 is 1.18 bits per heavy atom. The average molecular weight is 244 g/mol. The lowest BCUT2D eigenvalue weighted by molar-refractivity contribution is -0.137. The second-order valence-electron chi connectivity index (χ2n) is 4.09. The molecule has 0 unspecified atom stereocenters. The summed E-state index contributed by atoms with van der Waals surface area (Å²) in [6, 6.07) is 4.78. The molecule has 1 N–H and O–H groups in total. The first-order valence-corrected chi connectivity index (χ1v) is 5.28. The molecule has 0 bridgehead atoms. The van der Waals surface area contributed by atoms with E-state index >= 15 is 0 Å². The van der Waals surface area contributed by atoms with E-state index in [0.29, 0.717) is 11.6 Å². The van der Waals surface area contributed by atoms with Crippen LogP contribution in [0.15, 0.2) is 29.4 Å². The summed E-state index contributed by atoms with van der Waals surface area (Å²) in [5.74, 6) is 0.303. The van der Waals surface area contributed by atoms with Gasteiger partial charge in [0.25, 0.3) is 0 Å². The zero-order valence-electron chi connectivity index (χ0n) is 9.97. The van der Waals surface area contributed by atoms with Crippen LogP contribution in [-0.4, -0.2) is 5.71 Å². The zero-order valence-corrected chi connectivity index (χ0v) is 9.97. The molecule has 0 saturated heterocycles. The molecule has 0 aliphatic heterocycles. The molecule has 0 saturated carbocycles. The molecule has 0 aliphatic rings. The Hall–Kier alpha value is -1.52. The molecule has 0 atom stereocenters. The molecule has 0 amide bonds. The molecular formula is C12H15F3N2. The molecule has 0 heterocycles. The van der Waals surface area contributed by atoms with Crippen molar-refractivity contribution in [3.8, 4) is 0 Å². The van der Waals surface area contributed by atoms with Crippen LogP contribution in [0.5, 0.6) is 0 Å². The highest BCUT2D eigenvalue weighted by molar-refractivity contribution is 5.84. The maximum absolute atomic E-state index is 12.3. The van der Waals surface area contributed by atoms with Crippen LogP contribution < -0.4 is 5.43 Å². The fourth-order valence-corrected chi connectivity index (χ4v) is 1.02. The van der Waals surface area contributed by atoms with E-state index in [1.807, 2.05) is 20.8 Å². The van der Waals surface area contributed by atoms with Crippen LogP contribution in [-0.2, 0) is 6.18 Å². The van der Waals surface area contributed by atoms with Crippen LogP contribution in [0.1, 0.15) is 26.3 Å². The molecule has 1 aromatic rings. The topological polar surface area (TPSA) is 24.4 Å². The third kappa shape index (κ3) is 4.09. The number of nitrogens with zero attached hydrogens (tertiary/aromatic N) is 1. The Morgan fingerprint density at radius 2 is 1.71 bits per heavy atom. The van der Waals surface area contributed by atoms with Gasteiger partial charge in [-0.3, -0.25) is 5.43 Å². The Morgan fingerprint density at radius 3 is 2.12 bits per heavy atom. The lowest BCUT2D eigenvalue weighted by Crippen LogP contribution is -2.06. The number of nitrogens with one attached hydrogen (secondary N) is 1. The van der Waals surface area contributed by atoms with E-state index in [4.69, 9.17) is 0 Å². The van der Waals surface area contributed by atoms with Crippen molar-refractivity contribution in [3.05, 3.63) is 29.8 Å². The van der Waals surface area contributed by atoms with Crippen LogP contribution in [0.4, 0.5) is 18.9 Å². The molecular weight excluding hydrogens is 229 g/mol. The van der Waals surface area contributed by atoms with E-state index in [9.17, 15) is 13.2 Å². The number of halogens is 3. The number of rotatable bonds is 3. The quantitative estimate of drug-likeness (QED) is 0.627. The van der Waals surface area contributed by atoms with E-state index in [1.54, 1.807) is 0 Å². The van der Waals surface area contributed by atoms with Gasteiger partial charge in [-0.2, -0.15) is 18.3 Å². The highest BCUT2D eigenvalue weighted by Crippen LogP contribution is 2.29. The Kier molecular flexibility index (Phi) is 4.15. The standard InChI is InChI=1S/C12H15F3N2/c1-8(2)9(3)16-17-11-6-4-10(5-7-11)12(13,14)15/h4-8,17H,1-3H3/b16-9+. The summed E-state index contributed by atoms with van der Waals surface area (Å²) in [6.07, 6.45) is -4.30. The van der Waals surface area contributed by atoms with Gasteiger partial charge in [-0.25, -0.2) is 0 Å². The van der Waals surface area contributed by atoms with Gasteiger partial charge in [-0.05, 0) is 37.1 Å². The van der Waals surface area contributed by atoms with Gasteiger partial charge in [0.1, 0.15) is 0 Å². The summed E-state index contributed by atoms with van der Waals surface area (Å²) in [4.78, 5) is 0. The Bertz CT molecular complexity index is 391. The van der Waals surface area contributed by atoms with E-state index in [1.165, 1.54) is 12.1 Å². The van der Waals surface area contributed by atoms with Crippen molar-refractivity contribution in [1.82, 2.24) is 0 Å². The van der Waals surface area contributed by atoms with E-state index in [0.717, 1.165) is 17.8 Å². The van der Waals surface area contributed by atoms with Gasteiger partial charge in [-0.15, -0.1) is 0 Å². The summed E-state index contributed by atoms with van der Waals surface area (Å²) >= 11 is 0. The van der Waals surface area contributed by atoms with Crippen molar-refractivity contribution in [2.75, 3.05) is 5.43 Å². The predicted octanol–water partition coefficient (Wildman–Crippen LogP) is 4.15.